The summed E-state index contributed by atoms with van der Waals surface area (Å²) in [6.07, 6.45) is 1.76. The minimum Gasteiger partial charge on any atom is -0.507 e. The number of H-pyrrole nitrogens is 1. The summed E-state index contributed by atoms with van der Waals surface area (Å²) in [5, 5.41) is 15.1. The Balaban J connectivity index is 1.92. The second-order valence-corrected chi connectivity index (χ2v) is 8.94. The molecule has 0 radical (unpaired) electrons. The summed E-state index contributed by atoms with van der Waals surface area (Å²) in [6.45, 7) is 12.6. The molecule has 1 aromatic heterocycles. The molecule has 3 rings (SSSR count). The van der Waals surface area contributed by atoms with E-state index in [1.165, 1.54) is 0 Å². The fraction of sp³-hybridized carbons (Fsp3) is 0.364. The first kappa shape index (κ1) is 19.0. The lowest BCUT2D eigenvalue weighted by molar-refractivity contribution is 0.423. The number of benzene rings is 2. The molecule has 0 fully saturated rings. The number of aromatic hydroxyl groups is 1. The van der Waals surface area contributed by atoms with Crippen molar-refractivity contribution in [1.82, 2.24) is 9.97 Å². The maximum atomic E-state index is 10.8. The van der Waals surface area contributed by atoms with Gasteiger partial charge in [-0.3, -0.25) is 0 Å². The second-order valence-electron chi connectivity index (χ2n) is 8.94. The zero-order chi connectivity index (χ0) is 19.8. The van der Waals surface area contributed by atoms with Gasteiger partial charge in [0.2, 0.25) is 5.95 Å². The van der Waals surface area contributed by atoms with Crippen LogP contribution in [0.2, 0.25) is 0 Å². The lowest BCUT2D eigenvalue weighted by Gasteiger charge is -2.27. The molecule has 1 heterocycles. The van der Waals surface area contributed by atoms with Crippen LogP contribution in [-0.4, -0.2) is 21.3 Å². The van der Waals surface area contributed by atoms with Crippen LogP contribution in [0.4, 0.5) is 5.95 Å². The van der Waals surface area contributed by atoms with E-state index in [2.05, 4.69) is 62.0 Å². The van der Waals surface area contributed by atoms with Gasteiger partial charge in [-0.2, -0.15) is 5.10 Å². The van der Waals surface area contributed by atoms with Gasteiger partial charge in [0, 0.05) is 11.1 Å². The highest BCUT2D eigenvalue weighted by atomic mass is 16.3. The summed E-state index contributed by atoms with van der Waals surface area (Å²) in [6, 6.07) is 11.8. The number of fused-ring (bicyclic) bond motifs is 1. The van der Waals surface area contributed by atoms with Crippen LogP contribution < -0.4 is 5.43 Å². The van der Waals surface area contributed by atoms with Gasteiger partial charge >= 0.3 is 0 Å². The van der Waals surface area contributed by atoms with Gasteiger partial charge in [0.1, 0.15) is 5.75 Å². The van der Waals surface area contributed by atoms with E-state index >= 15 is 0 Å². The van der Waals surface area contributed by atoms with Gasteiger partial charge in [-0.25, -0.2) is 10.4 Å². The molecule has 0 aliphatic carbocycles. The molecule has 27 heavy (non-hydrogen) atoms. The van der Waals surface area contributed by atoms with E-state index in [-0.39, 0.29) is 10.8 Å². The third-order valence-corrected chi connectivity index (χ3v) is 4.52. The van der Waals surface area contributed by atoms with E-state index < -0.39 is 0 Å². The number of anilines is 1. The van der Waals surface area contributed by atoms with Crippen molar-refractivity contribution in [3.63, 3.8) is 0 Å². The summed E-state index contributed by atoms with van der Waals surface area (Å²) in [5.74, 6) is 0.968. The minimum atomic E-state index is -0.167. The third-order valence-electron chi connectivity index (χ3n) is 4.52. The average molecular weight is 364 g/mol. The molecule has 2 aromatic carbocycles. The largest absolute Gasteiger partial charge is 0.507 e. The molecule has 3 N–H and O–H groups in total. The molecular weight excluding hydrogens is 336 g/mol. The molecule has 0 aliphatic rings. The van der Waals surface area contributed by atoms with Crippen molar-refractivity contribution in [2.24, 2.45) is 5.10 Å². The summed E-state index contributed by atoms with van der Waals surface area (Å²) in [4.78, 5) is 7.64. The first-order valence-electron chi connectivity index (χ1n) is 9.17. The van der Waals surface area contributed by atoms with Crippen molar-refractivity contribution in [2.45, 2.75) is 52.4 Å². The Labute approximate surface area is 160 Å². The Hall–Kier alpha value is -2.82. The zero-order valence-corrected chi connectivity index (χ0v) is 16.9. The number of aromatic amines is 1. The number of phenolic OH excluding ortho intramolecular Hbond substituents is 1. The van der Waals surface area contributed by atoms with E-state index in [1.54, 1.807) is 6.21 Å². The Kier molecular flexibility index (Phi) is 4.72. The predicted octanol–water partition coefficient (Wildman–Crippen LogP) is 5.31. The van der Waals surface area contributed by atoms with Crippen LogP contribution >= 0.6 is 0 Å². The van der Waals surface area contributed by atoms with E-state index in [0.717, 1.165) is 27.7 Å². The zero-order valence-electron chi connectivity index (χ0n) is 16.9. The van der Waals surface area contributed by atoms with Gasteiger partial charge in [-0.05, 0) is 40.7 Å². The van der Waals surface area contributed by atoms with Crippen molar-refractivity contribution in [2.75, 3.05) is 5.43 Å². The lowest BCUT2D eigenvalue weighted by Crippen LogP contribution is -2.18. The van der Waals surface area contributed by atoms with Crippen LogP contribution in [0.25, 0.3) is 11.0 Å². The molecule has 0 unspecified atom stereocenters. The highest BCUT2D eigenvalue weighted by molar-refractivity contribution is 5.82. The molecule has 0 saturated carbocycles. The predicted molar refractivity (Wildman–Crippen MR) is 113 cm³/mol. The average Bonchev–Trinajstić information content (AvgIpc) is 2.96. The fourth-order valence-corrected chi connectivity index (χ4v) is 3.05. The molecule has 0 amide bonds. The van der Waals surface area contributed by atoms with Crippen LogP contribution in [-0.2, 0) is 10.8 Å². The smallest absolute Gasteiger partial charge is 0.222 e. The standard InChI is InChI=1S/C22H28N4O/c1-21(2,3)15-11-14(12-16(19(15)27)22(4,5)6)13-23-26-20-24-17-9-7-8-10-18(17)25-20/h7-13,27H,1-6H3,(H2,24,25,26)/b23-13-. The summed E-state index contributed by atoms with van der Waals surface area (Å²) < 4.78 is 0. The van der Waals surface area contributed by atoms with E-state index in [0.29, 0.717) is 11.7 Å². The molecule has 142 valence electrons. The van der Waals surface area contributed by atoms with Crippen LogP contribution in [0.5, 0.6) is 5.75 Å². The molecule has 0 aliphatic heterocycles. The van der Waals surface area contributed by atoms with Crippen LogP contribution in [0.3, 0.4) is 0 Å². The summed E-state index contributed by atoms with van der Waals surface area (Å²) >= 11 is 0. The van der Waals surface area contributed by atoms with Gasteiger partial charge < -0.3 is 10.1 Å². The minimum absolute atomic E-state index is 0.167. The van der Waals surface area contributed by atoms with Crippen molar-refractivity contribution >= 4 is 23.2 Å². The van der Waals surface area contributed by atoms with E-state index in [9.17, 15) is 5.11 Å². The number of hydrazone groups is 1. The number of aromatic nitrogens is 2. The molecule has 3 aromatic rings. The molecule has 5 nitrogen and oxygen atoms in total. The number of para-hydroxylation sites is 2. The van der Waals surface area contributed by atoms with Crippen molar-refractivity contribution in [3.8, 4) is 5.75 Å². The fourth-order valence-electron chi connectivity index (χ4n) is 3.05. The topological polar surface area (TPSA) is 73.3 Å². The van der Waals surface area contributed by atoms with Gasteiger partial charge in [0.05, 0.1) is 17.2 Å². The van der Waals surface area contributed by atoms with Crippen molar-refractivity contribution in [1.29, 1.82) is 0 Å². The van der Waals surface area contributed by atoms with Crippen LogP contribution in [0, 0.1) is 0 Å². The van der Waals surface area contributed by atoms with Crippen molar-refractivity contribution in [3.05, 3.63) is 53.1 Å². The molecule has 5 heteroatoms. The van der Waals surface area contributed by atoms with Crippen LogP contribution in [0.15, 0.2) is 41.5 Å². The number of hydrogen-bond acceptors (Lipinski definition) is 4. The highest BCUT2D eigenvalue weighted by Crippen LogP contribution is 2.39. The number of nitrogens with zero attached hydrogens (tertiary/aromatic N) is 2. The Bertz CT molecular complexity index is 919. The molecule has 0 atom stereocenters. The Morgan fingerprint density at radius 2 is 1.59 bits per heavy atom. The number of nitrogens with one attached hydrogen (secondary N) is 2. The number of hydrogen-bond donors (Lipinski definition) is 3. The van der Waals surface area contributed by atoms with E-state index in [1.807, 2.05) is 36.4 Å². The summed E-state index contributed by atoms with van der Waals surface area (Å²) in [5.41, 5.74) is 7.25. The van der Waals surface area contributed by atoms with Gasteiger partial charge in [-0.1, -0.05) is 53.7 Å². The second kappa shape index (κ2) is 6.72. The maximum Gasteiger partial charge on any atom is 0.222 e. The molecular formula is C22H28N4O. The van der Waals surface area contributed by atoms with Crippen molar-refractivity contribution < 1.29 is 5.11 Å². The molecule has 0 saturated heterocycles. The monoisotopic (exact) mass is 364 g/mol. The number of rotatable bonds is 3. The number of imidazole rings is 1. The quantitative estimate of drug-likeness (QED) is 0.435. The van der Waals surface area contributed by atoms with Crippen LogP contribution in [0.1, 0.15) is 58.2 Å². The molecule has 0 bridgehead atoms. The number of phenols is 1. The highest BCUT2D eigenvalue weighted by Gasteiger charge is 2.26. The SMILES string of the molecule is CC(C)(C)c1cc(/C=N\Nc2nc3ccccc3[nH]2)cc(C(C)(C)C)c1O. The Morgan fingerprint density at radius 3 is 2.15 bits per heavy atom. The Morgan fingerprint density at radius 1 is 1.00 bits per heavy atom. The first-order chi connectivity index (χ1) is 12.6. The lowest BCUT2D eigenvalue weighted by atomic mass is 9.78. The van der Waals surface area contributed by atoms with Gasteiger partial charge in [0.15, 0.2) is 0 Å². The van der Waals surface area contributed by atoms with Gasteiger partial charge in [-0.15, -0.1) is 0 Å². The third kappa shape index (κ3) is 4.13. The first-order valence-corrected chi connectivity index (χ1v) is 9.17. The normalized spacial score (nSPS) is 12.8. The molecule has 0 spiro atoms. The van der Waals surface area contributed by atoms with E-state index in [4.69, 9.17) is 0 Å². The summed E-state index contributed by atoms with van der Waals surface area (Å²) in [7, 11) is 0. The van der Waals surface area contributed by atoms with Gasteiger partial charge in [0.25, 0.3) is 0 Å². The maximum absolute atomic E-state index is 10.8.